The fourth-order valence-corrected chi connectivity index (χ4v) is 4.33. The predicted molar refractivity (Wildman–Crippen MR) is 151 cm³/mol. The first-order chi connectivity index (χ1) is 17.9. The van der Waals surface area contributed by atoms with Crippen LogP contribution in [0.25, 0.3) is 6.08 Å². The summed E-state index contributed by atoms with van der Waals surface area (Å²) in [6.45, 7) is 2.09. The van der Waals surface area contributed by atoms with E-state index in [0.717, 1.165) is 50.4 Å². The van der Waals surface area contributed by atoms with Crippen molar-refractivity contribution in [3.63, 3.8) is 0 Å². The van der Waals surface area contributed by atoms with Crippen LogP contribution < -0.4 is 0 Å². The number of aromatic nitrogens is 1. The van der Waals surface area contributed by atoms with E-state index in [-0.39, 0.29) is 25.0 Å². The van der Waals surface area contributed by atoms with E-state index in [0.29, 0.717) is 12.0 Å². The van der Waals surface area contributed by atoms with Gasteiger partial charge in [0.25, 0.3) is 5.91 Å². The second kappa shape index (κ2) is 14.7. The Kier molecular flexibility index (Phi) is 11.4. The van der Waals surface area contributed by atoms with E-state index in [4.69, 9.17) is 4.74 Å². The van der Waals surface area contributed by atoms with Gasteiger partial charge in [0.05, 0.1) is 6.54 Å². The minimum absolute atomic E-state index is 0.0541. The van der Waals surface area contributed by atoms with Gasteiger partial charge in [-0.2, -0.15) is 0 Å². The number of esters is 1. The van der Waals surface area contributed by atoms with Crippen molar-refractivity contribution in [1.82, 2.24) is 10.0 Å². The van der Waals surface area contributed by atoms with Gasteiger partial charge in [-0.15, -0.1) is 12.6 Å². The van der Waals surface area contributed by atoms with Gasteiger partial charge in [-0.05, 0) is 54.2 Å². The van der Waals surface area contributed by atoms with Crippen LogP contribution in [0.3, 0.4) is 0 Å². The fraction of sp³-hybridized carbons (Fsp3) is 0.276. The molecule has 0 radical (unpaired) electrons. The number of hydrogen-bond acceptors (Lipinski definition) is 6. The molecule has 0 bridgehead atoms. The highest BCUT2D eigenvalue weighted by Gasteiger charge is 2.20. The smallest absolute Gasteiger partial charge is 0.306 e. The van der Waals surface area contributed by atoms with Gasteiger partial charge < -0.3 is 4.74 Å². The summed E-state index contributed by atoms with van der Waals surface area (Å²) >= 11 is 7.82. The van der Waals surface area contributed by atoms with E-state index in [1.54, 1.807) is 24.5 Å². The number of thiol groups is 1. The Balaban J connectivity index is 1.75. The molecule has 3 rings (SSSR count). The molecule has 0 fully saturated rings. The number of carbonyl (C=O) groups is 2. The van der Waals surface area contributed by atoms with Crippen LogP contribution in [0, 0.1) is 6.92 Å². The van der Waals surface area contributed by atoms with Crippen molar-refractivity contribution in [3.05, 3.63) is 101 Å². The molecule has 1 atom stereocenters. The number of ether oxygens (including phenoxy) is 1. The first kappa shape index (κ1) is 28.6. The highest BCUT2D eigenvalue weighted by Crippen LogP contribution is 2.24. The number of hydroxylamine groups is 2. The second-order valence-electron chi connectivity index (χ2n) is 8.65. The predicted octanol–water partition coefficient (Wildman–Crippen LogP) is 6.62. The summed E-state index contributed by atoms with van der Waals surface area (Å²) in [6, 6.07) is 16.6. The van der Waals surface area contributed by atoms with Crippen molar-refractivity contribution < 1.29 is 19.5 Å². The molecular formula is C29H31BrN2O4S. The van der Waals surface area contributed by atoms with E-state index in [9.17, 15) is 14.8 Å². The zero-order chi connectivity index (χ0) is 26.6. The first-order valence-corrected chi connectivity index (χ1v) is 13.6. The molecular weight excluding hydrogens is 552 g/mol. The lowest BCUT2D eigenvalue weighted by molar-refractivity contribution is -0.145. The van der Waals surface area contributed by atoms with E-state index in [1.807, 2.05) is 61.5 Å². The highest BCUT2D eigenvalue weighted by molar-refractivity contribution is 9.09. The number of rotatable bonds is 12. The average Bonchev–Trinajstić information content (AvgIpc) is 2.91. The van der Waals surface area contributed by atoms with E-state index >= 15 is 0 Å². The molecule has 1 aromatic heterocycles. The molecule has 3 aromatic rings. The Morgan fingerprint density at radius 2 is 1.89 bits per heavy atom. The number of carbonyl (C=O) groups excluding carboxylic acids is 2. The van der Waals surface area contributed by atoms with Crippen molar-refractivity contribution in [2.45, 2.75) is 43.6 Å². The maximum Gasteiger partial charge on any atom is 0.306 e. The lowest BCUT2D eigenvalue weighted by Crippen LogP contribution is -2.31. The summed E-state index contributed by atoms with van der Waals surface area (Å²) in [4.78, 5) is 29.6. The lowest BCUT2D eigenvalue weighted by Gasteiger charge is -2.22. The van der Waals surface area contributed by atoms with E-state index < -0.39 is 5.91 Å². The molecule has 0 saturated heterocycles. The summed E-state index contributed by atoms with van der Waals surface area (Å²) in [5.41, 5.74) is 3.88. The zero-order valence-electron chi connectivity index (χ0n) is 20.7. The van der Waals surface area contributed by atoms with Crippen LogP contribution in [0.1, 0.15) is 57.8 Å². The third-order valence-electron chi connectivity index (χ3n) is 5.89. The van der Waals surface area contributed by atoms with Crippen LogP contribution in [0.4, 0.5) is 0 Å². The number of hydrogen-bond donors (Lipinski definition) is 2. The van der Waals surface area contributed by atoms with Crippen molar-refractivity contribution in [2.75, 3.05) is 11.9 Å². The summed E-state index contributed by atoms with van der Waals surface area (Å²) in [7, 11) is 0. The molecule has 0 saturated carbocycles. The van der Waals surface area contributed by atoms with Crippen molar-refractivity contribution >= 4 is 46.5 Å². The molecule has 0 aliphatic heterocycles. The Bertz CT molecular complexity index is 1220. The molecule has 6 nitrogen and oxygen atoms in total. The van der Waals surface area contributed by atoms with Gasteiger partial charge in [-0.3, -0.25) is 19.8 Å². The number of halogens is 1. The van der Waals surface area contributed by atoms with E-state index in [1.165, 1.54) is 0 Å². The second-order valence-corrected chi connectivity index (χ2v) is 9.93. The molecule has 37 heavy (non-hydrogen) atoms. The van der Waals surface area contributed by atoms with Gasteiger partial charge in [-0.25, -0.2) is 5.06 Å². The number of alkyl halides is 1. The maximum atomic E-state index is 12.9. The quantitative estimate of drug-likeness (QED) is 0.0626. The molecule has 0 aliphatic rings. The Labute approximate surface area is 231 Å². The fourth-order valence-electron chi connectivity index (χ4n) is 3.72. The van der Waals surface area contributed by atoms with Crippen LogP contribution in [-0.4, -0.2) is 39.0 Å². The summed E-state index contributed by atoms with van der Waals surface area (Å²) in [5, 5.41) is 12.4. The molecule has 1 N–H and O–H groups in total. The zero-order valence-corrected chi connectivity index (χ0v) is 23.2. The van der Waals surface area contributed by atoms with Crippen molar-refractivity contribution in [2.24, 2.45) is 0 Å². The van der Waals surface area contributed by atoms with Crippen LogP contribution in [-0.2, 0) is 16.1 Å². The Hall–Kier alpha value is -2.94. The normalized spacial score (nSPS) is 11.9. The maximum absolute atomic E-state index is 12.9. The minimum atomic E-state index is -0.460. The molecule has 1 amide bonds. The number of amides is 1. The third kappa shape index (κ3) is 8.84. The van der Waals surface area contributed by atoms with Gasteiger partial charge in [0, 0.05) is 40.5 Å². The largest absolute Gasteiger partial charge is 0.461 e. The highest BCUT2D eigenvalue weighted by atomic mass is 79.9. The molecule has 8 heteroatoms. The number of benzene rings is 2. The third-order valence-corrected chi connectivity index (χ3v) is 6.83. The first-order valence-electron chi connectivity index (χ1n) is 12.1. The van der Waals surface area contributed by atoms with Crippen LogP contribution in [0.5, 0.6) is 0 Å². The lowest BCUT2D eigenvalue weighted by atomic mass is 9.96. The standard InChI is InChI=1S/C29H31BrN2O4S/c1-21-6-2-3-7-26(21)29(34)32(35)19-25(14-13-24-15-17-31-18-27(24)37)23-11-9-22(10-12-23)20-36-28(33)8-4-5-16-30/h2-3,6-7,9-15,17-18,25,35,37H,4-5,8,16,19-20H2,1H3/b14-13+/t25-/m1/s1. The monoisotopic (exact) mass is 582 g/mol. The van der Waals surface area contributed by atoms with Crippen molar-refractivity contribution in [3.8, 4) is 0 Å². The molecule has 0 aliphatic carbocycles. The van der Waals surface area contributed by atoms with Gasteiger partial charge >= 0.3 is 5.97 Å². The van der Waals surface area contributed by atoms with Crippen LogP contribution in [0.15, 0.2) is 78.0 Å². The van der Waals surface area contributed by atoms with Crippen LogP contribution >= 0.6 is 28.6 Å². The minimum Gasteiger partial charge on any atom is -0.461 e. The number of nitrogens with zero attached hydrogens (tertiary/aromatic N) is 2. The van der Waals surface area contributed by atoms with Crippen LogP contribution in [0.2, 0.25) is 0 Å². The Morgan fingerprint density at radius 3 is 2.59 bits per heavy atom. The Morgan fingerprint density at radius 1 is 1.14 bits per heavy atom. The van der Waals surface area contributed by atoms with Crippen molar-refractivity contribution in [1.29, 1.82) is 0 Å². The molecule has 194 valence electrons. The number of pyridine rings is 1. The summed E-state index contributed by atoms with van der Waals surface area (Å²) in [6.07, 6.45) is 9.31. The van der Waals surface area contributed by atoms with Gasteiger partial charge in [0.15, 0.2) is 0 Å². The summed E-state index contributed by atoms with van der Waals surface area (Å²) < 4.78 is 5.37. The summed E-state index contributed by atoms with van der Waals surface area (Å²) in [5.74, 6) is -0.977. The number of aryl methyl sites for hydroxylation is 1. The SMILES string of the molecule is Cc1ccccc1C(=O)N(O)C[C@@H](/C=C/c1ccncc1S)c1ccc(COC(=O)CCCCBr)cc1. The van der Waals surface area contributed by atoms with E-state index in [2.05, 4.69) is 33.5 Å². The van der Waals surface area contributed by atoms with Gasteiger partial charge in [0.2, 0.25) is 0 Å². The number of unbranched alkanes of at least 4 members (excludes halogenated alkanes) is 1. The van der Waals surface area contributed by atoms with Gasteiger partial charge in [-0.1, -0.05) is 70.5 Å². The van der Waals surface area contributed by atoms with Gasteiger partial charge in [0.1, 0.15) is 6.61 Å². The topological polar surface area (TPSA) is 79.7 Å². The molecule has 1 heterocycles. The molecule has 0 spiro atoms. The molecule has 2 aromatic carbocycles. The molecule has 0 unspecified atom stereocenters. The average molecular weight is 584 g/mol.